The van der Waals surface area contributed by atoms with Crippen molar-refractivity contribution >= 4 is 23.2 Å². The van der Waals surface area contributed by atoms with Crippen molar-refractivity contribution in [1.82, 2.24) is 9.88 Å². The number of hydrogen-bond acceptors (Lipinski definition) is 5. The maximum Gasteiger partial charge on any atom is 0.326 e. The lowest BCUT2D eigenvalue weighted by molar-refractivity contribution is -0.142. The fourth-order valence-electron chi connectivity index (χ4n) is 1.58. The minimum Gasteiger partial charge on any atom is -0.480 e. The van der Waals surface area contributed by atoms with Crippen LogP contribution in [-0.2, 0) is 11.2 Å². The molecule has 1 atom stereocenters. The molecule has 0 saturated heterocycles. The first-order valence-corrected chi connectivity index (χ1v) is 6.53. The molecule has 1 aromatic rings. The summed E-state index contributed by atoms with van der Waals surface area (Å²) < 4.78 is 0. The molecule has 1 aromatic heterocycles. The second kappa shape index (κ2) is 6.46. The molecule has 18 heavy (non-hydrogen) atoms. The van der Waals surface area contributed by atoms with Gasteiger partial charge in [0.05, 0.1) is 5.01 Å². The van der Waals surface area contributed by atoms with Gasteiger partial charge in [-0.2, -0.15) is 0 Å². The van der Waals surface area contributed by atoms with Crippen LogP contribution in [0.5, 0.6) is 0 Å². The summed E-state index contributed by atoms with van der Waals surface area (Å²) in [5, 5.41) is 11.4. The first kappa shape index (κ1) is 14.6. The molecule has 0 aliphatic carbocycles. The van der Waals surface area contributed by atoms with Gasteiger partial charge in [0, 0.05) is 18.8 Å². The maximum atomic E-state index is 12.0. The van der Waals surface area contributed by atoms with Gasteiger partial charge in [-0.3, -0.25) is 4.79 Å². The highest BCUT2D eigenvalue weighted by Gasteiger charge is 2.26. The second-order valence-electron chi connectivity index (χ2n) is 3.84. The van der Waals surface area contributed by atoms with E-state index in [1.807, 2.05) is 0 Å². The Morgan fingerprint density at radius 2 is 2.28 bits per heavy atom. The number of carbonyl (C=O) groups excluding carboxylic acids is 1. The number of likely N-dealkylation sites (N-methyl/N-ethyl adjacent to an activating group) is 1. The zero-order valence-corrected chi connectivity index (χ0v) is 11.2. The van der Waals surface area contributed by atoms with Crippen molar-refractivity contribution < 1.29 is 14.7 Å². The number of nitrogens with zero attached hydrogens (tertiary/aromatic N) is 2. The van der Waals surface area contributed by atoms with Gasteiger partial charge in [0.2, 0.25) is 0 Å². The van der Waals surface area contributed by atoms with Crippen molar-refractivity contribution in [1.29, 1.82) is 0 Å². The molecular weight excluding hydrogens is 254 g/mol. The smallest absolute Gasteiger partial charge is 0.326 e. The van der Waals surface area contributed by atoms with Gasteiger partial charge in [-0.25, -0.2) is 9.78 Å². The van der Waals surface area contributed by atoms with E-state index in [2.05, 4.69) is 4.98 Å². The molecule has 7 heteroatoms. The van der Waals surface area contributed by atoms with Crippen molar-refractivity contribution in [3.05, 3.63) is 16.1 Å². The fourth-order valence-corrected chi connectivity index (χ4v) is 2.37. The van der Waals surface area contributed by atoms with Gasteiger partial charge in [0.25, 0.3) is 5.91 Å². The summed E-state index contributed by atoms with van der Waals surface area (Å²) in [6.07, 6.45) is 0.981. The van der Waals surface area contributed by atoms with Gasteiger partial charge >= 0.3 is 5.97 Å². The highest BCUT2D eigenvalue weighted by molar-refractivity contribution is 7.09. The Labute approximate surface area is 109 Å². The summed E-state index contributed by atoms with van der Waals surface area (Å²) in [6, 6.07) is -0.822. The normalized spacial score (nSPS) is 12.2. The standard InChI is InChI=1S/C11H17N3O3S/c1-3-8(11(16)17)14(2)10(15)7-6-18-9(13-7)4-5-12/h6,8H,3-5,12H2,1-2H3,(H,16,17). The molecule has 6 nitrogen and oxygen atoms in total. The van der Waals surface area contributed by atoms with Gasteiger partial charge in [-0.15, -0.1) is 11.3 Å². The van der Waals surface area contributed by atoms with Crippen LogP contribution < -0.4 is 5.73 Å². The molecule has 3 N–H and O–H groups in total. The minimum absolute atomic E-state index is 0.283. The molecule has 0 aromatic carbocycles. The van der Waals surface area contributed by atoms with Crippen molar-refractivity contribution in [3.63, 3.8) is 0 Å². The Morgan fingerprint density at radius 1 is 1.61 bits per heavy atom. The van der Waals surface area contributed by atoms with E-state index in [0.717, 1.165) is 5.01 Å². The number of rotatable bonds is 6. The zero-order valence-electron chi connectivity index (χ0n) is 10.4. The Morgan fingerprint density at radius 3 is 2.78 bits per heavy atom. The molecule has 0 aliphatic heterocycles. The predicted molar refractivity (Wildman–Crippen MR) is 68.7 cm³/mol. The highest BCUT2D eigenvalue weighted by Crippen LogP contribution is 2.14. The zero-order chi connectivity index (χ0) is 13.7. The molecule has 0 aliphatic rings. The fraction of sp³-hybridized carbons (Fsp3) is 0.545. The molecule has 0 fully saturated rings. The van der Waals surface area contributed by atoms with E-state index >= 15 is 0 Å². The number of hydrogen-bond donors (Lipinski definition) is 2. The van der Waals surface area contributed by atoms with Crippen LogP contribution in [0, 0.1) is 0 Å². The van der Waals surface area contributed by atoms with Gasteiger partial charge < -0.3 is 15.7 Å². The molecule has 1 amide bonds. The van der Waals surface area contributed by atoms with Crippen LogP contribution in [0.1, 0.15) is 28.8 Å². The average molecular weight is 271 g/mol. The van der Waals surface area contributed by atoms with E-state index in [4.69, 9.17) is 10.8 Å². The third-order valence-corrected chi connectivity index (χ3v) is 3.50. The summed E-state index contributed by atoms with van der Waals surface area (Å²) in [5.74, 6) is -1.38. The van der Waals surface area contributed by atoms with Crippen LogP contribution in [0.3, 0.4) is 0 Å². The third kappa shape index (κ3) is 3.27. The Balaban J connectivity index is 2.81. The van der Waals surface area contributed by atoms with Crippen molar-refractivity contribution in [2.75, 3.05) is 13.6 Å². The Hall–Kier alpha value is -1.47. The number of aromatic nitrogens is 1. The summed E-state index contributed by atoms with van der Waals surface area (Å²) >= 11 is 1.36. The molecule has 100 valence electrons. The minimum atomic E-state index is -1.01. The third-order valence-electron chi connectivity index (χ3n) is 2.59. The lowest BCUT2D eigenvalue weighted by Crippen LogP contribution is -2.42. The predicted octanol–water partition coefficient (Wildman–Crippen LogP) is 0.580. The number of carboxylic acids is 1. The maximum absolute atomic E-state index is 12.0. The van der Waals surface area contributed by atoms with E-state index in [0.29, 0.717) is 19.4 Å². The summed E-state index contributed by atoms with van der Waals surface area (Å²) in [5.41, 5.74) is 5.69. The molecule has 1 heterocycles. The Kier molecular flexibility index (Phi) is 5.24. The second-order valence-corrected chi connectivity index (χ2v) is 4.79. The lowest BCUT2D eigenvalue weighted by atomic mass is 10.2. The summed E-state index contributed by atoms with van der Waals surface area (Å²) in [6.45, 7) is 2.20. The quantitative estimate of drug-likeness (QED) is 0.789. The van der Waals surface area contributed by atoms with E-state index in [9.17, 15) is 9.59 Å². The SMILES string of the molecule is CCC(C(=O)O)N(C)C(=O)c1csc(CCN)n1. The topological polar surface area (TPSA) is 96.5 Å². The monoisotopic (exact) mass is 271 g/mol. The molecule has 0 radical (unpaired) electrons. The van der Waals surface area contributed by atoms with E-state index in [1.54, 1.807) is 12.3 Å². The van der Waals surface area contributed by atoms with Crippen LogP contribution in [0.4, 0.5) is 0 Å². The average Bonchev–Trinajstić information content (AvgIpc) is 2.77. The number of carboxylic acid groups (broad SMARTS) is 1. The van der Waals surface area contributed by atoms with Gasteiger partial charge in [0.15, 0.2) is 0 Å². The Bertz CT molecular complexity index is 433. The molecule has 0 bridgehead atoms. The summed E-state index contributed by atoms with van der Waals surface area (Å²) in [4.78, 5) is 28.4. The van der Waals surface area contributed by atoms with E-state index in [1.165, 1.54) is 23.3 Å². The van der Waals surface area contributed by atoms with Crippen LogP contribution in [0.2, 0.25) is 0 Å². The number of amides is 1. The largest absolute Gasteiger partial charge is 0.480 e. The number of thiazole rings is 1. The van der Waals surface area contributed by atoms with E-state index < -0.39 is 12.0 Å². The first-order valence-electron chi connectivity index (χ1n) is 5.65. The molecule has 1 rings (SSSR count). The van der Waals surface area contributed by atoms with Crippen LogP contribution >= 0.6 is 11.3 Å². The number of nitrogens with two attached hydrogens (primary N) is 1. The van der Waals surface area contributed by atoms with Gasteiger partial charge in [0.1, 0.15) is 11.7 Å². The first-order chi connectivity index (χ1) is 8.51. The van der Waals surface area contributed by atoms with Gasteiger partial charge in [-0.05, 0) is 13.0 Å². The molecule has 1 unspecified atom stereocenters. The van der Waals surface area contributed by atoms with Crippen LogP contribution in [0.25, 0.3) is 0 Å². The van der Waals surface area contributed by atoms with Crippen molar-refractivity contribution in [2.24, 2.45) is 5.73 Å². The van der Waals surface area contributed by atoms with Crippen molar-refractivity contribution in [3.8, 4) is 0 Å². The van der Waals surface area contributed by atoms with Crippen molar-refractivity contribution in [2.45, 2.75) is 25.8 Å². The molecular formula is C11H17N3O3S. The van der Waals surface area contributed by atoms with Gasteiger partial charge in [-0.1, -0.05) is 6.92 Å². The number of aliphatic carboxylic acids is 1. The number of carbonyl (C=O) groups is 2. The van der Waals surface area contributed by atoms with Crippen LogP contribution in [0.15, 0.2) is 5.38 Å². The molecule has 0 saturated carbocycles. The highest BCUT2D eigenvalue weighted by atomic mass is 32.1. The van der Waals surface area contributed by atoms with E-state index in [-0.39, 0.29) is 11.6 Å². The lowest BCUT2D eigenvalue weighted by Gasteiger charge is -2.22. The summed E-state index contributed by atoms with van der Waals surface area (Å²) in [7, 11) is 1.48. The molecule has 0 spiro atoms. The van der Waals surface area contributed by atoms with Crippen LogP contribution in [-0.4, -0.2) is 46.5 Å².